The lowest BCUT2D eigenvalue weighted by Gasteiger charge is -2.17. The minimum Gasteiger partial charge on any atom is -0.481 e. The van der Waals surface area contributed by atoms with E-state index < -0.39 is 12.1 Å². The molecule has 2 aromatic rings. The molecule has 1 atom stereocenters. The molecule has 0 spiro atoms. The van der Waals surface area contributed by atoms with E-state index in [2.05, 4.69) is 5.32 Å². The van der Waals surface area contributed by atoms with Crippen LogP contribution in [0.4, 0.5) is 5.69 Å². The van der Waals surface area contributed by atoms with Crippen molar-refractivity contribution in [3.05, 3.63) is 59.2 Å². The highest BCUT2D eigenvalue weighted by atomic mass is 16.5. The van der Waals surface area contributed by atoms with Gasteiger partial charge in [0.15, 0.2) is 6.10 Å². The Morgan fingerprint density at radius 2 is 1.80 bits per heavy atom. The summed E-state index contributed by atoms with van der Waals surface area (Å²) in [5.74, 6) is -0.0187. The normalized spacial score (nSPS) is 11.5. The van der Waals surface area contributed by atoms with Crippen molar-refractivity contribution in [1.29, 1.82) is 0 Å². The smallest absolute Gasteiger partial charge is 0.338 e. The number of nitrogens with one attached hydrogen (secondary N) is 1. The van der Waals surface area contributed by atoms with Gasteiger partial charge in [0.1, 0.15) is 5.75 Å². The van der Waals surface area contributed by atoms with Crippen molar-refractivity contribution < 1.29 is 19.1 Å². The number of hydrogen-bond donors (Lipinski definition) is 1. The Balaban J connectivity index is 2.11. The Hall–Kier alpha value is -2.82. The molecule has 0 unspecified atom stereocenters. The molecule has 1 N–H and O–H groups in total. The van der Waals surface area contributed by atoms with Crippen molar-refractivity contribution in [2.24, 2.45) is 0 Å². The van der Waals surface area contributed by atoms with Crippen LogP contribution in [-0.4, -0.2) is 24.6 Å². The van der Waals surface area contributed by atoms with Crippen molar-refractivity contribution in [3.8, 4) is 5.75 Å². The second-order valence-electron chi connectivity index (χ2n) is 5.71. The summed E-state index contributed by atoms with van der Waals surface area (Å²) < 4.78 is 10.8. The summed E-state index contributed by atoms with van der Waals surface area (Å²) in [6.07, 6.45) is -0.674. The van der Waals surface area contributed by atoms with Gasteiger partial charge in [-0.1, -0.05) is 24.3 Å². The molecule has 0 aliphatic rings. The second kappa shape index (κ2) is 8.33. The molecule has 25 heavy (non-hydrogen) atoms. The van der Waals surface area contributed by atoms with Gasteiger partial charge in [-0.25, -0.2) is 4.79 Å². The summed E-state index contributed by atoms with van der Waals surface area (Å²) in [5.41, 5.74) is 2.63. The van der Waals surface area contributed by atoms with Crippen LogP contribution in [0.2, 0.25) is 0 Å². The summed E-state index contributed by atoms with van der Waals surface area (Å²) >= 11 is 0. The van der Waals surface area contributed by atoms with Crippen LogP contribution in [0.3, 0.4) is 0 Å². The molecule has 132 valence electrons. The number of carbonyl (C=O) groups excluding carboxylic acids is 2. The van der Waals surface area contributed by atoms with Gasteiger partial charge in [0, 0.05) is 5.69 Å². The van der Waals surface area contributed by atoms with E-state index in [1.165, 1.54) is 0 Å². The van der Waals surface area contributed by atoms with E-state index in [1.54, 1.807) is 39.0 Å². The Bertz CT molecular complexity index is 770. The SMILES string of the molecule is CCOC(=O)c1cccc(NC(=O)[C@H](C)Oc2ccccc2C)c1C. The van der Waals surface area contributed by atoms with E-state index >= 15 is 0 Å². The van der Waals surface area contributed by atoms with E-state index in [0.29, 0.717) is 29.2 Å². The maximum Gasteiger partial charge on any atom is 0.338 e. The zero-order valence-corrected chi connectivity index (χ0v) is 15.0. The van der Waals surface area contributed by atoms with Crippen LogP contribution in [0.15, 0.2) is 42.5 Å². The third-order valence-corrected chi connectivity index (χ3v) is 3.85. The van der Waals surface area contributed by atoms with Gasteiger partial charge in [-0.3, -0.25) is 4.79 Å². The zero-order valence-electron chi connectivity index (χ0n) is 15.0. The van der Waals surface area contributed by atoms with Crippen LogP contribution >= 0.6 is 0 Å². The molecule has 2 aromatic carbocycles. The molecule has 0 aliphatic carbocycles. The lowest BCUT2D eigenvalue weighted by molar-refractivity contribution is -0.122. The first-order chi connectivity index (χ1) is 11.9. The van der Waals surface area contributed by atoms with Gasteiger partial charge in [0.25, 0.3) is 5.91 Å². The van der Waals surface area contributed by atoms with Crippen molar-refractivity contribution in [1.82, 2.24) is 0 Å². The zero-order chi connectivity index (χ0) is 18.4. The molecule has 0 heterocycles. The molecule has 0 fully saturated rings. The number of para-hydroxylation sites is 1. The maximum absolute atomic E-state index is 12.4. The van der Waals surface area contributed by atoms with Crippen molar-refractivity contribution in [3.63, 3.8) is 0 Å². The van der Waals surface area contributed by atoms with Crippen LogP contribution in [0, 0.1) is 13.8 Å². The first-order valence-electron chi connectivity index (χ1n) is 8.24. The largest absolute Gasteiger partial charge is 0.481 e. The fourth-order valence-corrected chi connectivity index (χ4v) is 2.37. The minimum atomic E-state index is -0.674. The summed E-state index contributed by atoms with van der Waals surface area (Å²) in [7, 11) is 0. The number of esters is 1. The minimum absolute atomic E-state index is 0.285. The van der Waals surface area contributed by atoms with Crippen molar-refractivity contribution >= 4 is 17.6 Å². The fourth-order valence-electron chi connectivity index (χ4n) is 2.37. The van der Waals surface area contributed by atoms with E-state index in [9.17, 15) is 9.59 Å². The predicted octanol–water partition coefficient (Wildman–Crippen LogP) is 3.89. The number of anilines is 1. The second-order valence-corrected chi connectivity index (χ2v) is 5.71. The lowest BCUT2D eigenvalue weighted by atomic mass is 10.1. The van der Waals surface area contributed by atoms with Crippen LogP contribution in [0.25, 0.3) is 0 Å². The van der Waals surface area contributed by atoms with Gasteiger partial charge >= 0.3 is 5.97 Å². The van der Waals surface area contributed by atoms with Crippen LogP contribution in [0.5, 0.6) is 5.75 Å². The third kappa shape index (κ3) is 4.59. The Labute approximate surface area is 148 Å². The molecule has 0 saturated carbocycles. The van der Waals surface area contributed by atoms with Gasteiger partial charge in [0.05, 0.1) is 12.2 Å². The predicted molar refractivity (Wildman–Crippen MR) is 97.0 cm³/mol. The fraction of sp³-hybridized carbons (Fsp3) is 0.300. The van der Waals surface area contributed by atoms with E-state index in [-0.39, 0.29) is 5.91 Å². The van der Waals surface area contributed by atoms with Gasteiger partial charge < -0.3 is 14.8 Å². The highest BCUT2D eigenvalue weighted by molar-refractivity contribution is 5.98. The van der Waals surface area contributed by atoms with Gasteiger partial charge in [0.2, 0.25) is 0 Å². The van der Waals surface area contributed by atoms with Crippen LogP contribution in [-0.2, 0) is 9.53 Å². The number of aryl methyl sites for hydroxylation is 1. The Morgan fingerprint density at radius 3 is 2.48 bits per heavy atom. The molecule has 5 nitrogen and oxygen atoms in total. The Morgan fingerprint density at radius 1 is 1.08 bits per heavy atom. The molecule has 0 bridgehead atoms. The van der Waals surface area contributed by atoms with E-state index in [0.717, 1.165) is 5.56 Å². The molecule has 1 amide bonds. The molecule has 2 rings (SSSR count). The molecule has 5 heteroatoms. The monoisotopic (exact) mass is 341 g/mol. The van der Waals surface area contributed by atoms with Crippen molar-refractivity contribution in [2.75, 3.05) is 11.9 Å². The number of benzene rings is 2. The third-order valence-electron chi connectivity index (χ3n) is 3.85. The van der Waals surface area contributed by atoms with Crippen molar-refractivity contribution in [2.45, 2.75) is 33.8 Å². The van der Waals surface area contributed by atoms with Crippen LogP contribution in [0.1, 0.15) is 35.3 Å². The topological polar surface area (TPSA) is 64.6 Å². The Kier molecular flexibility index (Phi) is 6.17. The molecule has 0 radical (unpaired) electrons. The summed E-state index contributed by atoms with van der Waals surface area (Å²) in [6, 6.07) is 12.7. The highest BCUT2D eigenvalue weighted by Gasteiger charge is 2.18. The number of hydrogen-bond acceptors (Lipinski definition) is 4. The standard InChI is InChI=1S/C20H23NO4/c1-5-24-20(23)16-10-8-11-17(14(16)3)21-19(22)15(4)25-18-12-7-6-9-13(18)2/h6-12,15H,5H2,1-4H3,(H,21,22)/t15-/m0/s1. The average Bonchev–Trinajstić information content (AvgIpc) is 2.58. The number of amides is 1. The first-order valence-corrected chi connectivity index (χ1v) is 8.24. The molecular formula is C20H23NO4. The first kappa shape index (κ1) is 18.5. The molecular weight excluding hydrogens is 318 g/mol. The average molecular weight is 341 g/mol. The van der Waals surface area contributed by atoms with E-state index in [4.69, 9.17) is 9.47 Å². The van der Waals surface area contributed by atoms with Gasteiger partial charge in [-0.15, -0.1) is 0 Å². The summed E-state index contributed by atoms with van der Waals surface area (Å²) in [6.45, 7) is 7.44. The van der Waals surface area contributed by atoms with E-state index in [1.807, 2.05) is 31.2 Å². The maximum atomic E-state index is 12.4. The molecule has 0 saturated heterocycles. The lowest BCUT2D eigenvalue weighted by Crippen LogP contribution is -2.30. The van der Waals surface area contributed by atoms with Gasteiger partial charge in [-0.05, 0) is 57.0 Å². The highest BCUT2D eigenvalue weighted by Crippen LogP contribution is 2.21. The molecule has 0 aromatic heterocycles. The number of carbonyl (C=O) groups is 2. The number of rotatable bonds is 6. The quantitative estimate of drug-likeness (QED) is 0.810. The summed E-state index contributed by atoms with van der Waals surface area (Å²) in [4.78, 5) is 24.4. The number of ether oxygens (including phenoxy) is 2. The molecule has 0 aliphatic heterocycles. The summed E-state index contributed by atoms with van der Waals surface area (Å²) in [5, 5.41) is 2.82. The van der Waals surface area contributed by atoms with Gasteiger partial charge in [-0.2, -0.15) is 0 Å². The van der Waals surface area contributed by atoms with Crippen LogP contribution < -0.4 is 10.1 Å².